The molecular weight excluding hydrogens is 877 g/mol. The Morgan fingerprint density at radius 3 is 1.44 bits per heavy atom. The molecule has 0 aliphatic carbocycles. The molecular formula is C53H92O15. The largest absolute Gasteiger partial charge is 0.462 e. The number of carbonyl (C=O) groups excluding carboxylic acids is 2. The van der Waals surface area contributed by atoms with Crippen molar-refractivity contribution in [2.24, 2.45) is 0 Å². The number of esters is 2. The van der Waals surface area contributed by atoms with Crippen molar-refractivity contribution >= 4 is 11.9 Å². The van der Waals surface area contributed by atoms with E-state index in [1.165, 1.54) is 89.9 Å². The molecule has 4 unspecified atom stereocenters. The maximum atomic E-state index is 13.0. The number of aliphatic hydroxyl groups excluding tert-OH is 7. The second-order valence-electron chi connectivity index (χ2n) is 18.3. The lowest BCUT2D eigenvalue weighted by atomic mass is 9.98. The predicted octanol–water partition coefficient (Wildman–Crippen LogP) is 7.49. The van der Waals surface area contributed by atoms with Gasteiger partial charge in [-0.1, -0.05) is 146 Å². The third-order valence-electron chi connectivity index (χ3n) is 12.3. The van der Waals surface area contributed by atoms with E-state index in [9.17, 15) is 45.3 Å². The molecule has 7 N–H and O–H groups in total. The predicted molar refractivity (Wildman–Crippen MR) is 261 cm³/mol. The van der Waals surface area contributed by atoms with Gasteiger partial charge in [0.05, 0.1) is 19.8 Å². The van der Waals surface area contributed by atoms with Crippen molar-refractivity contribution in [3.63, 3.8) is 0 Å². The lowest BCUT2D eigenvalue weighted by molar-refractivity contribution is -0.332. The summed E-state index contributed by atoms with van der Waals surface area (Å²) in [6, 6.07) is 0. The van der Waals surface area contributed by atoms with Gasteiger partial charge in [-0.2, -0.15) is 0 Å². The van der Waals surface area contributed by atoms with E-state index in [1.807, 2.05) is 6.08 Å². The van der Waals surface area contributed by atoms with Crippen molar-refractivity contribution in [3.8, 4) is 0 Å². The molecule has 0 aromatic carbocycles. The summed E-state index contributed by atoms with van der Waals surface area (Å²) in [4.78, 5) is 25.7. The van der Waals surface area contributed by atoms with E-state index in [2.05, 4.69) is 56.4 Å². The fraction of sp³-hybridized carbons (Fsp3) is 0.811. The number of ether oxygens (including phenoxy) is 6. The van der Waals surface area contributed by atoms with Crippen LogP contribution < -0.4 is 0 Å². The maximum Gasteiger partial charge on any atom is 0.306 e. The first-order valence-electron chi connectivity index (χ1n) is 26.2. The molecule has 68 heavy (non-hydrogen) atoms. The first-order chi connectivity index (χ1) is 33.0. The highest BCUT2D eigenvalue weighted by Crippen LogP contribution is 2.26. The van der Waals surface area contributed by atoms with Crippen LogP contribution >= 0.6 is 0 Å². The average Bonchev–Trinajstić information content (AvgIpc) is 3.33. The van der Waals surface area contributed by atoms with Crippen molar-refractivity contribution in [2.45, 2.75) is 248 Å². The van der Waals surface area contributed by atoms with E-state index in [0.29, 0.717) is 19.3 Å². The Morgan fingerprint density at radius 2 is 0.897 bits per heavy atom. The molecule has 2 aliphatic rings. The van der Waals surface area contributed by atoms with Gasteiger partial charge in [0.1, 0.15) is 55.4 Å². The number of carbonyl (C=O) groups is 2. The Hall–Kier alpha value is -2.54. The van der Waals surface area contributed by atoms with Gasteiger partial charge < -0.3 is 64.2 Å². The normalized spacial score (nSPS) is 26.1. The summed E-state index contributed by atoms with van der Waals surface area (Å²) >= 11 is 0. The van der Waals surface area contributed by atoms with E-state index >= 15 is 0 Å². The first-order valence-corrected chi connectivity index (χ1v) is 26.2. The zero-order chi connectivity index (χ0) is 49.6. The van der Waals surface area contributed by atoms with Crippen LogP contribution in [0.2, 0.25) is 0 Å². The van der Waals surface area contributed by atoms with Crippen LogP contribution in [0.3, 0.4) is 0 Å². The summed E-state index contributed by atoms with van der Waals surface area (Å²) in [5.74, 6) is -1.00. The molecule has 0 aromatic rings. The van der Waals surface area contributed by atoms with Gasteiger partial charge in [-0.05, 0) is 70.6 Å². The molecule has 2 rings (SSSR count). The van der Waals surface area contributed by atoms with Crippen LogP contribution in [0.5, 0.6) is 0 Å². The molecule has 15 heteroatoms. The van der Waals surface area contributed by atoms with Gasteiger partial charge in [0, 0.05) is 12.8 Å². The van der Waals surface area contributed by atoms with E-state index in [1.54, 1.807) is 0 Å². The molecule has 2 fully saturated rings. The lowest BCUT2D eigenvalue weighted by Gasteiger charge is -2.42. The van der Waals surface area contributed by atoms with Gasteiger partial charge in [0.25, 0.3) is 0 Å². The zero-order valence-corrected chi connectivity index (χ0v) is 41.6. The van der Waals surface area contributed by atoms with E-state index < -0.39 is 99.3 Å². The zero-order valence-electron chi connectivity index (χ0n) is 41.6. The third-order valence-corrected chi connectivity index (χ3v) is 12.3. The summed E-state index contributed by atoms with van der Waals surface area (Å²) in [7, 11) is 0. The van der Waals surface area contributed by atoms with Crippen LogP contribution in [0.15, 0.2) is 48.6 Å². The number of aliphatic hydroxyl groups is 7. The van der Waals surface area contributed by atoms with E-state index in [-0.39, 0.29) is 19.4 Å². The quantitative estimate of drug-likeness (QED) is 0.0179. The smallest absolute Gasteiger partial charge is 0.306 e. The highest BCUT2D eigenvalue weighted by molar-refractivity contribution is 5.70. The first kappa shape index (κ1) is 61.6. The van der Waals surface area contributed by atoms with Crippen LogP contribution in [0, 0.1) is 0 Å². The topological polar surface area (TPSA) is 231 Å². The Labute approximate surface area is 408 Å². The lowest BCUT2D eigenvalue weighted by Crippen LogP contribution is -2.61. The standard InChI is InChI=1S/C53H92O15/c1-3-5-7-9-11-13-15-17-19-20-22-24-26-28-30-32-34-36-45(56)66-41(38-63-44(55)35-33-31-29-27-25-23-21-18-16-14-12-10-8-6-4-2)39-64-52-51(62)49(60)47(58)43(68-52)40-65-53-50(61)48(59)46(57)42(37-54)67-53/h17,19,22-25,28,30,41-43,46-54,57-62H,3-16,18,20-21,26-27,29,31-40H2,1-2H3/b19-17+,24-22+,25-23+,30-28+/t41-,42+,43+,46-,47-,48?,49?,50?,51?,52+,53+/m1/s1. The SMILES string of the molecule is CCCCCCCC/C=C/C/C=C/C/C=C/CCCC(=O)O[C@H](COC(=O)CCCCC/C=C/CCCCCCCCCC)CO[C@H]1O[C@@H](CO[C@H]2O[C@@H](CO)[C@@H](O)C(O)C2O)[C@@H](O)C(O)C1O. The van der Waals surface area contributed by atoms with E-state index in [0.717, 1.165) is 44.9 Å². The Morgan fingerprint density at radius 1 is 0.471 bits per heavy atom. The van der Waals surface area contributed by atoms with Gasteiger partial charge >= 0.3 is 11.9 Å². The molecule has 2 heterocycles. The van der Waals surface area contributed by atoms with Crippen LogP contribution in [0.1, 0.15) is 181 Å². The monoisotopic (exact) mass is 969 g/mol. The average molecular weight is 969 g/mol. The van der Waals surface area contributed by atoms with Gasteiger partial charge in [-0.25, -0.2) is 0 Å². The molecule has 394 valence electrons. The number of unbranched alkanes of at least 4 members (excludes halogenated alkanes) is 18. The maximum absolute atomic E-state index is 13.0. The molecule has 2 aliphatic heterocycles. The number of rotatable bonds is 40. The Kier molecular flexibility index (Phi) is 36.3. The second kappa shape index (κ2) is 40.1. The fourth-order valence-corrected chi connectivity index (χ4v) is 7.93. The molecule has 0 spiro atoms. The molecule has 0 saturated carbocycles. The molecule has 15 nitrogen and oxygen atoms in total. The van der Waals surface area contributed by atoms with Crippen LogP contribution in [0.25, 0.3) is 0 Å². The summed E-state index contributed by atoms with van der Waals surface area (Å²) in [6.45, 7) is 2.51. The summed E-state index contributed by atoms with van der Waals surface area (Å²) in [5, 5.41) is 72.1. The summed E-state index contributed by atoms with van der Waals surface area (Å²) < 4.78 is 33.5. The fourth-order valence-electron chi connectivity index (χ4n) is 7.93. The van der Waals surface area contributed by atoms with Gasteiger partial charge in [0.2, 0.25) is 0 Å². The summed E-state index contributed by atoms with van der Waals surface area (Å²) in [5.41, 5.74) is 0. The highest BCUT2D eigenvalue weighted by atomic mass is 16.7. The van der Waals surface area contributed by atoms with Crippen molar-refractivity contribution < 1.29 is 73.8 Å². The van der Waals surface area contributed by atoms with Crippen molar-refractivity contribution in [1.82, 2.24) is 0 Å². The summed E-state index contributed by atoms with van der Waals surface area (Å²) in [6.07, 6.45) is 27.2. The number of allylic oxidation sites excluding steroid dienone is 8. The molecule has 0 amide bonds. The van der Waals surface area contributed by atoms with Crippen LogP contribution in [-0.2, 0) is 38.0 Å². The second-order valence-corrected chi connectivity index (χ2v) is 18.3. The Bertz CT molecular complexity index is 1370. The minimum atomic E-state index is -1.78. The minimum Gasteiger partial charge on any atom is -0.462 e. The van der Waals surface area contributed by atoms with Crippen molar-refractivity contribution in [2.75, 3.05) is 26.4 Å². The van der Waals surface area contributed by atoms with Gasteiger partial charge in [-0.15, -0.1) is 0 Å². The minimum absolute atomic E-state index is 0.0897. The third kappa shape index (κ3) is 27.7. The highest BCUT2D eigenvalue weighted by Gasteiger charge is 2.47. The molecule has 2 saturated heterocycles. The van der Waals surface area contributed by atoms with E-state index in [4.69, 9.17) is 28.4 Å². The molecule has 0 aromatic heterocycles. The number of hydrogen-bond acceptors (Lipinski definition) is 15. The van der Waals surface area contributed by atoms with Crippen molar-refractivity contribution in [3.05, 3.63) is 48.6 Å². The van der Waals surface area contributed by atoms with Crippen LogP contribution in [0.4, 0.5) is 0 Å². The van der Waals surface area contributed by atoms with Crippen molar-refractivity contribution in [1.29, 1.82) is 0 Å². The Balaban J connectivity index is 1.84. The number of hydrogen-bond donors (Lipinski definition) is 7. The van der Waals surface area contributed by atoms with Gasteiger partial charge in [-0.3, -0.25) is 9.59 Å². The molecule has 0 radical (unpaired) electrons. The van der Waals surface area contributed by atoms with Gasteiger partial charge in [0.15, 0.2) is 18.7 Å². The molecule has 0 bridgehead atoms. The van der Waals surface area contributed by atoms with Crippen LogP contribution in [-0.4, -0.2) is 142 Å². The molecule has 11 atom stereocenters.